The maximum absolute atomic E-state index is 6.17. The van der Waals surface area contributed by atoms with Crippen molar-refractivity contribution >= 4 is 0 Å². The summed E-state index contributed by atoms with van der Waals surface area (Å²) in [5.74, 6) is 0. The van der Waals surface area contributed by atoms with Gasteiger partial charge in [0.25, 0.3) is 0 Å². The fourth-order valence-electron chi connectivity index (χ4n) is 3.61. The zero-order valence-electron chi connectivity index (χ0n) is 11.3. The molecule has 0 radical (unpaired) electrons. The molecule has 2 fully saturated rings. The number of rotatable bonds is 3. The van der Waals surface area contributed by atoms with E-state index >= 15 is 0 Å². The summed E-state index contributed by atoms with van der Waals surface area (Å²) in [6, 6.07) is 0.588. The fourth-order valence-corrected chi connectivity index (χ4v) is 3.61. The Morgan fingerprint density at radius 2 is 1.94 bits per heavy atom. The summed E-state index contributed by atoms with van der Waals surface area (Å²) >= 11 is 0. The summed E-state index contributed by atoms with van der Waals surface area (Å²) in [7, 11) is 0. The molecule has 0 spiro atoms. The zero-order chi connectivity index (χ0) is 12.1. The van der Waals surface area contributed by atoms with E-state index in [0.717, 1.165) is 26.3 Å². The molecule has 3 heteroatoms. The number of morpholine rings is 1. The molecule has 1 aliphatic carbocycles. The molecule has 1 unspecified atom stereocenters. The van der Waals surface area contributed by atoms with Crippen LogP contribution in [-0.2, 0) is 4.74 Å². The zero-order valence-corrected chi connectivity index (χ0v) is 11.3. The Labute approximate surface area is 106 Å². The van der Waals surface area contributed by atoms with Crippen LogP contribution in [0.2, 0.25) is 0 Å². The van der Waals surface area contributed by atoms with Crippen molar-refractivity contribution in [3.63, 3.8) is 0 Å². The largest absolute Gasteiger partial charge is 0.378 e. The molecule has 2 aliphatic rings. The highest BCUT2D eigenvalue weighted by molar-refractivity contribution is 4.96. The monoisotopic (exact) mass is 240 g/mol. The van der Waals surface area contributed by atoms with Crippen LogP contribution >= 0.6 is 0 Å². The quantitative estimate of drug-likeness (QED) is 0.768. The summed E-state index contributed by atoms with van der Waals surface area (Å²) < 4.78 is 5.63. The Balaban J connectivity index is 2.12. The minimum atomic E-state index is 0.279. The van der Waals surface area contributed by atoms with Crippen LogP contribution in [0.5, 0.6) is 0 Å². The van der Waals surface area contributed by atoms with Crippen molar-refractivity contribution in [2.75, 3.05) is 26.3 Å². The van der Waals surface area contributed by atoms with E-state index in [2.05, 4.69) is 11.8 Å². The first-order valence-corrected chi connectivity index (χ1v) is 7.37. The lowest BCUT2D eigenvalue weighted by atomic mass is 9.86. The third-order valence-corrected chi connectivity index (χ3v) is 4.72. The topological polar surface area (TPSA) is 38.5 Å². The number of hydrogen-bond acceptors (Lipinski definition) is 3. The van der Waals surface area contributed by atoms with Gasteiger partial charge in [-0.05, 0) is 19.3 Å². The van der Waals surface area contributed by atoms with Gasteiger partial charge in [0.05, 0.1) is 13.2 Å². The van der Waals surface area contributed by atoms with Gasteiger partial charge in [0.2, 0.25) is 0 Å². The van der Waals surface area contributed by atoms with Crippen molar-refractivity contribution in [1.82, 2.24) is 4.90 Å². The second-order valence-corrected chi connectivity index (χ2v) is 5.67. The Hall–Kier alpha value is -0.120. The minimum Gasteiger partial charge on any atom is -0.378 e. The van der Waals surface area contributed by atoms with Crippen LogP contribution in [0, 0.1) is 0 Å². The standard InChI is InChI=1S/C14H28N2O/c1-2-13-11-17-10-9-16(13)14(12-15)7-5-3-4-6-8-14/h13H,2-12,15H2,1H3. The highest BCUT2D eigenvalue weighted by Gasteiger charge is 2.40. The molecule has 0 aromatic rings. The first-order valence-electron chi connectivity index (χ1n) is 7.37. The molecular weight excluding hydrogens is 212 g/mol. The van der Waals surface area contributed by atoms with Crippen LogP contribution in [-0.4, -0.2) is 42.8 Å². The molecule has 1 atom stereocenters. The first kappa shape index (κ1) is 13.3. The van der Waals surface area contributed by atoms with Gasteiger partial charge in [-0.3, -0.25) is 4.90 Å². The van der Waals surface area contributed by atoms with Gasteiger partial charge in [0.1, 0.15) is 0 Å². The van der Waals surface area contributed by atoms with Crippen LogP contribution in [0.4, 0.5) is 0 Å². The van der Waals surface area contributed by atoms with Crippen LogP contribution < -0.4 is 5.73 Å². The van der Waals surface area contributed by atoms with E-state index in [0.29, 0.717) is 6.04 Å². The van der Waals surface area contributed by atoms with Gasteiger partial charge in [0.15, 0.2) is 0 Å². The molecule has 2 rings (SSSR count). The van der Waals surface area contributed by atoms with E-state index in [-0.39, 0.29) is 5.54 Å². The van der Waals surface area contributed by atoms with Gasteiger partial charge in [0, 0.05) is 24.7 Å². The summed E-state index contributed by atoms with van der Waals surface area (Å²) in [4.78, 5) is 2.70. The smallest absolute Gasteiger partial charge is 0.0622 e. The average molecular weight is 240 g/mol. The van der Waals surface area contributed by atoms with Gasteiger partial charge >= 0.3 is 0 Å². The van der Waals surface area contributed by atoms with E-state index in [1.54, 1.807) is 0 Å². The predicted molar refractivity (Wildman–Crippen MR) is 71.1 cm³/mol. The highest BCUT2D eigenvalue weighted by atomic mass is 16.5. The number of nitrogens with zero attached hydrogens (tertiary/aromatic N) is 1. The van der Waals surface area contributed by atoms with Crippen LogP contribution in [0.1, 0.15) is 51.9 Å². The lowest BCUT2D eigenvalue weighted by Crippen LogP contribution is -2.61. The van der Waals surface area contributed by atoms with Crippen LogP contribution in [0.3, 0.4) is 0 Å². The third kappa shape index (κ3) is 2.83. The van der Waals surface area contributed by atoms with Crippen molar-refractivity contribution in [1.29, 1.82) is 0 Å². The minimum absolute atomic E-state index is 0.279. The maximum atomic E-state index is 6.17. The van der Waals surface area contributed by atoms with Gasteiger partial charge in [-0.15, -0.1) is 0 Å². The number of nitrogens with two attached hydrogens (primary N) is 1. The van der Waals surface area contributed by atoms with E-state index in [9.17, 15) is 0 Å². The Kier molecular flexibility index (Phi) is 4.83. The van der Waals surface area contributed by atoms with Crippen molar-refractivity contribution < 1.29 is 4.74 Å². The molecule has 1 aliphatic heterocycles. The second-order valence-electron chi connectivity index (χ2n) is 5.67. The van der Waals surface area contributed by atoms with E-state index in [1.807, 2.05) is 0 Å². The third-order valence-electron chi connectivity index (χ3n) is 4.72. The molecule has 0 aromatic carbocycles. The molecule has 0 aromatic heterocycles. The maximum Gasteiger partial charge on any atom is 0.0622 e. The van der Waals surface area contributed by atoms with E-state index in [1.165, 1.54) is 44.9 Å². The molecule has 0 bridgehead atoms. The normalized spacial score (nSPS) is 31.1. The van der Waals surface area contributed by atoms with Gasteiger partial charge in [-0.25, -0.2) is 0 Å². The summed E-state index contributed by atoms with van der Waals surface area (Å²) in [6.07, 6.45) is 9.25. The highest BCUT2D eigenvalue weighted by Crippen LogP contribution is 2.34. The lowest BCUT2D eigenvalue weighted by Gasteiger charge is -2.49. The molecule has 100 valence electrons. The SMILES string of the molecule is CCC1COCCN1C1(CN)CCCCCC1. The van der Waals surface area contributed by atoms with Crippen molar-refractivity contribution in [2.24, 2.45) is 5.73 Å². The Morgan fingerprint density at radius 3 is 2.53 bits per heavy atom. The molecule has 3 nitrogen and oxygen atoms in total. The van der Waals surface area contributed by atoms with Crippen LogP contribution in [0.25, 0.3) is 0 Å². The van der Waals surface area contributed by atoms with Crippen molar-refractivity contribution in [2.45, 2.75) is 63.5 Å². The van der Waals surface area contributed by atoms with Gasteiger partial charge in [-0.2, -0.15) is 0 Å². The second kappa shape index (κ2) is 6.17. The molecule has 0 amide bonds. The molecule has 2 N–H and O–H groups in total. The average Bonchev–Trinajstić information content (AvgIpc) is 2.65. The van der Waals surface area contributed by atoms with Crippen molar-refractivity contribution in [3.05, 3.63) is 0 Å². The molecule has 17 heavy (non-hydrogen) atoms. The van der Waals surface area contributed by atoms with E-state index in [4.69, 9.17) is 10.5 Å². The lowest BCUT2D eigenvalue weighted by molar-refractivity contribution is -0.0689. The predicted octanol–water partition coefficient (Wildman–Crippen LogP) is 2.15. The first-order chi connectivity index (χ1) is 8.32. The molecule has 1 saturated heterocycles. The van der Waals surface area contributed by atoms with Gasteiger partial charge < -0.3 is 10.5 Å². The fraction of sp³-hybridized carbons (Fsp3) is 1.00. The number of ether oxygens (including phenoxy) is 1. The molecular formula is C14H28N2O. The van der Waals surface area contributed by atoms with Gasteiger partial charge in [-0.1, -0.05) is 32.6 Å². The summed E-state index contributed by atoms with van der Waals surface area (Å²) in [5, 5.41) is 0. The summed E-state index contributed by atoms with van der Waals surface area (Å²) in [5.41, 5.74) is 6.45. The summed E-state index contributed by atoms with van der Waals surface area (Å²) in [6.45, 7) is 5.96. The van der Waals surface area contributed by atoms with Crippen LogP contribution in [0.15, 0.2) is 0 Å². The van der Waals surface area contributed by atoms with Crippen molar-refractivity contribution in [3.8, 4) is 0 Å². The molecule has 1 saturated carbocycles. The Bertz CT molecular complexity index is 224. The number of hydrogen-bond donors (Lipinski definition) is 1. The molecule has 1 heterocycles. The van der Waals surface area contributed by atoms with E-state index < -0.39 is 0 Å². The Morgan fingerprint density at radius 1 is 1.24 bits per heavy atom.